The number of ether oxygens (including phenoxy) is 1. The number of nitrogens with zero attached hydrogens (tertiary/aromatic N) is 1. The Hall–Kier alpha value is -1.14. The van der Waals surface area contributed by atoms with Crippen molar-refractivity contribution < 1.29 is 19.4 Å². The fraction of sp³-hybridized carbons (Fsp3) is 0.818. The Balaban J connectivity index is 2.10. The quantitative estimate of drug-likeness (QED) is 0.678. The van der Waals surface area contributed by atoms with E-state index in [4.69, 9.17) is 4.74 Å². The SMILES string of the molecule is CC1(C(=O)O)CCCN1C(=O)C1CNCCO1. The molecule has 0 aromatic carbocycles. The molecule has 2 rings (SSSR count). The zero-order chi connectivity index (χ0) is 12.5. The van der Waals surface area contributed by atoms with Crippen molar-refractivity contribution in [1.82, 2.24) is 10.2 Å². The van der Waals surface area contributed by atoms with Gasteiger partial charge in [-0.05, 0) is 19.8 Å². The van der Waals surface area contributed by atoms with Gasteiger partial charge in [-0.1, -0.05) is 0 Å². The Bertz CT molecular complexity index is 327. The highest BCUT2D eigenvalue weighted by Crippen LogP contribution is 2.30. The molecule has 0 aliphatic carbocycles. The van der Waals surface area contributed by atoms with Crippen molar-refractivity contribution in [3.05, 3.63) is 0 Å². The second kappa shape index (κ2) is 4.62. The molecule has 6 nitrogen and oxygen atoms in total. The number of carbonyl (C=O) groups excluding carboxylic acids is 1. The maximum atomic E-state index is 12.2. The third-order valence-corrected chi connectivity index (χ3v) is 3.57. The largest absolute Gasteiger partial charge is 0.480 e. The highest BCUT2D eigenvalue weighted by Gasteiger charge is 2.47. The maximum absolute atomic E-state index is 12.2. The average molecular weight is 242 g/mol. The van der Waals surface area contributed by atoms with Crippen LogP contribution in [0.4, 0.5) is 0 Å². The third kappa shape index (κ3) is 2.14. The molecular weight excluding hydrogens is 224 g/mol. The summed E-state index contributed by atoms with van der Waals surface area (Å²) in [4.78, 5) is 24.9. The number of rotatable bonds is 2. The second-order valence-corrected chi connectivity index (χ2v) is 4.74. The van der Waals surface area contributed by atoms with Crippen LogP contribution >= 0.6 is 0 Å². The Morgan fingerprint density at radius 1 is 1.53 bits per heavy atom. The Labute approximate surface area is 99.9 Å². The molecule has 2 aliphatic heterocycles. The number of carboxylic acid groups (broad SMARTS) is 1. The normalized spacial score (nSPS) is 33.7. The van der Waals surface area contributed by atoms with Crippen LogP contribution in [0.25, 0.3) is 0 Å². The van der Waals surface area contributed by atoms with E-state index in [1.165, 1.54) is 4.90 Å². The summed E-state index contributed by atoms with van der Waals surface area (Å²) in [5.41, 5.74) is -1.07. The minimum atomic E-state index is -1.07. The molecule has 17 heavy (non-hydrogen) atoms. The summed E-state index contributed by atoms with van der Waals surface area (Å²) >= 11 is 0. The predicted octanol–water partition coefficient (Wildman–Crippen LogP) is -0.559. The van der Waals surface area contributed by atoms with Gasteiger partial charge >= 0.3 is 5.97 Å². The first-order valence-corrected chi connectivity index (χ1v) is 5.93. The molecule has 2 atom stereocenters. The van der Waals surface area contributed by atoms with Gasteiger partial charge in [0.05, 0.1) is 6.61 Å². The number of carbonyl (C=O) groups is 2. The maximum Gasteiger partial charge on any atom is 0.329 e. The first kappa shape index (κ1) is 12.3. The first-order valence-electron chi connectivity index (χ1n) is 5.93. The molecule has 2 aliphatic rings. The van der Waals surface area contributed by atoms with Gasteiger partial charge in [-0.25, -0.2) is 4.79 Å². The number of morpholine rings is 1. The standard InChI is InChI=1S/C11H18N2O4/c1-11(10(15)16)3-2-5-13(11)9(14)8-7-12-4-6-17-8/h8,12H,2-7H2,1H3,(H,15,16). The zero-order valence-corrected chi connectivity index (χ0v) is 9.94. The Morgan fingerprint density at radius 2 is 2.29 bits per heavy atom. The smallest absolute Gasteiger partial charge is 0.329 e. The van der Waals surface area contributed by atoms with E-state index in [-0.39, 0.29) is 5.91 Å². The van der Waals surface area contributed by atoms with Crippen LogP contribution in [-0.2, 0) is 14.3 Å². The lowest BCUT2D eigenvalue weighted by Crippen LogP contribution is -2.57. The van der Waals surface area contributed by atoms with E-state index >= 15 is 0 Å². The van der Waals surface area contributed by atoms with Crippen molar-refractivity contribution in [1.29, 1.82) is 0 Å². The Morgan fingerprint density at radius 3 is 2.88 bits per heavy atom. The van der Waals surface area contributed by atoms with Crippen LogP contribution in [0.1, 0.15) is 19.8 Å². The van der Waals surface area contributed by atoms with Crippen LogP contribution in [0.5, 0.6) is 0 Å². The third-order valence-electron chi connectivity index (χ3n) is 3.57. The van der Waals surface area contributed by atoms with E-state index < -0.39 is 17.6 Å². The van der Waals surface area contributed by atoms with E-state index in [1.54, 1.807) is 6.92 Å². The van der Waals surface area contributed by atoms with E-state index in [1.807, 2.05) is 0 Å². The summed E-state index contributed by atoms with van der Waals surface area (Å²) in [5.74, 6) is -1.15. The van der Waals surface area contributed by atoms with Crippen LogP contribution in [0.2, 0.25) is 0 Å². The molecule has 96 valence electrons. The molecule has 0 aromatic heterocycles. The monoisotopic (exact) mass is 242 g/mol. The van der Waals surface area contributed by atoms with Gasteiger partial charge < -0.3 is 20.1 Å². The van der Waals surface area contributed by atoms with Crippen molar-refractivity contribution in [2.75, 3.05) is 26.2 Å². The van der Waals surface area contributed by atoms with Crippen molar-refractivity contribution in [3.8, 4) is 0 Å². The van der Waals surface area contributed by atoms with Crippen LogP contribution < -0.4 is 5.32 Å². The molecule has 0 radical (unpaired) electrons. The number of aliphatic carboxylic acids is 1. The van der Waals surface area contributed by atoms with Crippen molar-refractivity contribution in [3.63, 3.8) is 0 Å². The molecule has 2 heterocycles. The summed E-state index contributed by atoms with van der Waals surface area (Å²) in [6, 6.07) is 0. The van der Waals surface area contributed by atoms with Gasteiger partial charge in [-0.15, -0.1) is 0 Å². The van der Waals surface area contributed by atoms with Crippen molar-refractivity contribution >= 4 is 11.9 Å². The molecule has 1 amide bonds. The van der Waals surface area contributed by atoms with E-state index in [9.17, 15) is 14.7 Å². The zero-order valence-electron chi connectivity index (χ0n) is 9.94. The Kier molecular flexibility index (Phi) is 3.35. The average Bonchev–Trinajstić information content (AvgIpc) is 2.73. The van der Waals surface area contributed by atoms with Crippen molar-refractivity contribution in [2.24, 2.45) is 0 Å². The van der Waals surface area contributed by atoms with Crippen LogP contribution in [-0.4, -0.2) is 59.8 Å². The minimum Gasteiger partial charge on any atom is -0.480 e. The number of nitrogens with one attached hydrogen (secondary N) is 1. The van der Waals surface area contributed by atoms with Gasteiger partial charge in [-0.2, -0.15) is 0 Å². The van der Waals surface area contributed by atoms with Crippen LogP contribution in [0, 0.1) is 0 Å². The summed E-state index contributed by atoms with van der Waals surface area (Å²) in [7, 11) is 0. The number of amides is 1. The summed E-state index contributed by atoms with van der Waals surface area (Å²) in [6.07, 6.45) is 0.698. The van der Waals surface area contributed by atoms with Gasteiger partial charge in [-0.3, -0.25) is 4.79 Å². The van der Waals surface area contributed by atoms with E-state index in [0.29, 0.717) is 26.1 Å². The lowest BCUT2D eigenvalue weighted by molar-refractivity contribution is -0.161. The van der Waals surface area contributed by atoms with Crippen LogP contribution in [0.3, 0.4) is 0 Å². The van der Waals surface area contributed by atoms with Gasteiger partial charge in [0.1, 0.15) is 11.6 Å². The number of likely N-dealkylation sites (tertiary alicyclic amines) is 1. The highest BCUT2D eigenvalue weighted by molar-refractivity contribution is 5.89. The molecule has 2 N–H and O–H groups in total. The summed E-state index contributed by atoms with van der Waals surface area (Å²) in [6.45, 7) is 3.80. The molecule has 2 unspecified atom stereocenters. The highest BCUT2D eigenvalue weighted by atomic mass is 16.5. The summed E-state index contributed by atoms with van der Waals surface area (Å²) < 4.78 is 5.38. The number of carboxylic acids is 1. The van der Waals surface area contributed by atoms with Gasteiger partial charge in [0.25, 0.3) is 5.91 Å². The summed E-state index contributed by atoms with van der Waals surface area (Å²) in [5, 5.41) is 12.3. The van der Waals surface area contributed by atoms with E-state index in [0.717, 1.165) is 13.0 Å². The van der Waals surface area contributed by atoms with E-state index in [2.05, 4.69) is 5.32 Å². The molecule has 2 saturated heterocycles. The van der Waals surface area contributed by atoms with Gasteiger partial charge in [0, 0.05) is 19.6 Å². The fourth-order valence-corrected chi connectivity index (χ4v) is 2.44. The molecule has 0 aromatic rings. The molecule has 6 heteroatoms. The molecule has 0 bridgehead atoms. The predicted molar refractivity (Wildman–Crippen MR) is 59.6 cm³/mol. The van der Waals surface area contributed by atoms with Gasteiger partial charge in [0.2, 0.25) is 0 Å². The van der Waals surface area contributed by atoms with Crippen LogP contribution in [0.15, 0.2) is 0 Å². The topological polar surface area (TPSA) is 78.9 Å². The molecule has 0 saturated carbocycles. The van der Waals surface area contributed by atoms with Gasteiger partial charge in [0.15, 0.2) is 0 Å². The lowest BCUT2D eigenvalue weighted by Gasteiger charge is -2.35. The lowest BCUT2D eigenvalue weighted by atomic mass is 9.99. The molecule has 2 fully saturated rings. The number of hydrogen-bond acceptors (Lipinski definition) is 4. The fourth-order valence-electron chi connectivity index (χ4n) is 2.44. The molecule has 0 spiro atoms. The van der Waals surface area contributed by atoms with Crippen molar-refractivity contribution in [2.45, 2.75) is 31.4 Å². The first-order chi connectivity index (χ1) is 8.05. The second-order valence-electron chi connectivity index (χ2n) is 4.74. The number of hydrogen-bond donors (Lipinski definition) is 2. The minimum absolute atomic E-state index is 0.209. The molecular formula is C11H18N2O4.